The van der Waals surface area contributed by atoms with Crippen LogP contribution in [0.3, 0.4) is 0 Å². The molecule has 0 aromatic heterocycles. The van der Waals surface area contributed by atoms with Gasteiger partial charge in [-0.3, -0.25) is 10.1 Å². The molecular weight excluding hydrogens is 266 g/mol. The first-order chi connectivity index (χ1) is 9.47. The molecule has 20 heavy (non-hydrogen) atoms. The van der Waals surface area contributed by atoms with Crippen molar-refractivity contribution in [2.24, 2.45) is 0 Å². The molecule has 0 aliphatic heterocycles. The van der Waals surface area contributed by atoms with Crippen molar-refractivity contribution in [2.75, 3.05) is 5.32 Å². The highest BCUT2D eigenvalue weighted by Crippen LogP contribution is 2.22. The lowest BCUT2D eigenvalue weighted by molar-refractivity contribution is -0.387. The van der Waals surface area contributed by atoms with Crippen molar-refractivity contribution in [3.63, 3.8) is 0 Å². The van der Waals surface area contributed by atoms with Crippen LogP contribution in [0.4, 0.5) is 20.2 Å². The van der Waals surface area contributed by atoms with Crippen LogP contribution in [0.2, 0.25) is 0 Å². The zero-order valence-electron chi connectivity index (χ0n) is 10.7. The molecule has 2 aromatic rings. The molecule has 0 heterocycles. The van der Waals surface area contributed by atoms with Crippen molar-refractivity contribution in [1.29, 1.82) is 0 Å². The highest BCUT2D eigenvalue weighted by molar-refractivity contribution is 5.52. The zero-order valence-corrected chi connectivity index (χ0v) is 10.7. The van der Waals surface area contributed by atoms with E-state index in [0.717, 1.165) is 17.7 Å². The number of hydrogen-bond donors (Lipinski definition) is 1. The number of nitro benzene ring substituents is 1. The highest BCUT2D eigenvalue weighted by atomic mass is 19.1. The van der Waals surface area contributed by atoms with E-state index >= 15 is 0 Å². The summed E-state index contributed by atoms with van der Waals surface area (Å²) >= 11 is 0. The Morgan fingerprint density at radius 2 is 1.85 bits per heavy atom. The Hall–Kier alpha value is -2.50. The van der Waals surface area contributed by atoms with Crippen LogP contribution in [-0.4, -0.2) is 4.92 Å². The monoisotopic (exact) mass is 278 g/mol. The van der Waals surface area contributed by atoms with Crippen molar-refractivity contribution in [3.8, 4) is 0 Å². The van der Waals surface area contributed by atoms with Gasteiger partial charge in [-0.1, -0.05) is 17.7 Å². The summed E-state index contributed by atoms with van der Waals surface area (Å²) in [7, 11) is 0. The fourth-order valence-corrected chi connectivity index (χ4v) is 1.80. The first kappa shape index (κ1) is 13.9. The maximum Gasteiger partial charge on any atom is 0.306 e. The van der Waals surface area contributed by atoms with Gasteiger partial charge in [-0.15, -0.1) is 0 Å². The molecule has 0 aliphatic carbocycles. The van der Waals surface area contributed by atoms with Crippen LogP contribution in [0.25, 0.3) is 0 Å². The van der Waals surface area contributed by atoms with Gasteiger partial charge in [-0.25, -0.2) is 4.39 Å². The van der Waals surface area contributed by atoms with Gasteiger partial charge in [-0.2, -0.15) is 4.39 Å². The lowest BCUT2D eigenvalue weighted by Crippen LogP contribution is -2.03. The summed E-state index contributed by atoms with van der Waals surface area (Å²) in [5, 5.41) is 13.5. The molecular formula is C14H12F2N2O2. The number of rotatable bonds is 4. The summed E-state index contributed by atoms with van der Waals surface area (Å²) in [5.41, 5.74) is 1.10. The standard InChI is InChI=1S/C14H12F2N2O2/c1-9-2-4-12(15)10(6-9)8-17-11-3-5-13(16)14(7-11)18(19)20/h2-7,17H,8H2,1H3. The van der Waals surface area contributed by atoms with Gasteiger partial charge < -0.3 is 5.32 Å². The minimum atomic E-state index is -0.901. The SMILES string of the molecule is Cc1ccc(F)c(CNc2ccc(F)c([N+](=O)[O-])c2)c1. The Labute approximate surface area is 114 Å². The molecule has 0 atom stereocenters. The topological polar surface area (TPSA) is 55.2 Å². The van der Waals surface area contributed by atoms with Crippen molar-refractivity contribution in [2.45, 2.75) is 13.5 Å². The normalized spacial score (nSPS) is 10.3. The van der Waals surface area contributed by atoms with Gasteiger partial charge in [0.1, 0.15) is 5.82 Å². The predicted molar refractivity (Wildman–Crippen MR) is 71.5 cm³/mol. The zero-order chi connectivity index (χ0) is 14.7. The van der Waals surface area contributed by atoms with Crippen LogP contribution in [0, 0.1) is 28.7 Å². The Bertz CT molecular complexity index is 660. The molecule has 0 saturated heterocycles. The molecule has 2 aromatic carbocycles. The average Bonchev–Trinajstić information content (AvgIpc) is 2.41. The van der Waals surface area contributed by atoms with Gasteiger partial charge in [0, 0.05) is 23.9 Å². The number of anilines is 1. The van der Waals surface area contributed by atoms with Crippen molar-refractivity contribution >= 4 is 11.4 Å². The molecule has 0 fully saturated rings. The third-order valence-electron chi connectivity index (χ3n) is 2.83. The number of hydrogen-bond acceptors (Lipinski definition) is 3. The molecule has 1 N–H and O–H groups in total. The summed E-state index contributed by atoms with van der Waals surface area (Å²) in [6.07, 6.45) is 0. The van der Waals surface area contributed by atoms with E-state index in [-0.39, 0.29) is 12.4 Å². The number of nitro groups is 1. The molecule has 104 valence electrons. The van der Waals surface area contributed by atoms with Crippen molar-refractivity contribution in [1.82, 2.24) is 0 Å². The molecule has 0 saturated carbocycles. The van der Waals surface area contributed by atoms with E-state index in [9.17, 15) is 18.9 Å². The maximum atomic E-state index is 13.5. The Kier molecular flexibility index (Phi) is 3.93. The quantitative estimate of drug-likeness (QED) is 0.683. The van der Waals surface area contributed by atoms with Crippen LogP contribution < -0.4 is 5.32 Å². The Morgan fingerprint density at radius 3 is 2.55 bits per heavy atom. The molecule has 0 spiro atoms. The number of aryl methyl sites for hydroxylation is 1. The minimum absolute atomic E-state index is 0.163. The predicted octanol–water partition coefficient (Wildman–Crippen LogP) is 3.79. The van der Waals surface area contributed by atoms with E-state index in [4.69, 9.17) is 0 Å². The molecule has 4 nitrogen and oxygen atoms in total. The summed E-state index contributed by atoms with van der Waals surface area (Å²) in [4.78, 5) is 9.83. The number of benzene rings is 2. The largest absolute Gasteiger partial charge is 0.381 e. The fourth-order valence-electron chi connectivity index (χ4n) is 1.80. The van der Waals surface area contributed by atoms with Gasteiger partial charge in [-0.05, 0) is 25.1 Å². The van der Waals surface area contributed by atoms with Crippen molar-refractivity contribution < 1.29 is 13.7 Å². The summed E-state index contributed by atoms with van der Waals surface area (Å²) in [6, 6.07) is 8.16. The fraction of sp³-hybridized carbons (Fsp3) is 0.143. The third kappa shape index (κ3) is 3.09. The van der Waals surface area contributed by atoms with E-state index < -0.39 is 16.4 Å². The lowest BCUT2D eigenvalue weighted by Gasteiger charge is -2.08. The Morgan fingerprint density at radius 1 is 1.15 bits per heavy atom. The van der Waals surface area contributed by atoms with Crippen molar-refractivity contribution in [3.05, 3.63) is 69.3 Å². The van der Waals surface area contributed by atoms with Crippen LogP contribution >= 0.6 is 0 Å². The van der Waals surface area contributed by atoms with Gasteiger partial charge in [0.25, 0.3) is 0 Å². The molecule has 0 unspecified atom stereocenters. The van der Waals surface area contributed by atoms with Gasteiger partial charge in [0.15, 0.2) is 0 Å². The van der Waals surface area contributed by atoms with Gasteiger partial charge in [0.2, 0.25) is 5.82 Å². The lowest BCUT2D eigenvalue weighted by atomic mass is 10.1. The van der Waals surface area contributed by atoms with E-state index in [0.29, 0.717) is 11.3 Å². The molecule has 6 heteroatoms. The third-order valence-corrected chi connectivity index (χ3v) is 2.83. The average molecular weight is 278 g/mol. The van der Waals surface area contributed by atoms with Gasteiger partial charge >= 0.3 is 5.69 Å². The van der Waals surface area contributed by atoms with Gasteiger partial charge in [0.05, 0.1) is 4.92 Å². The van der Waals surface area contributed by atoms with Crippen LogP contribution in [-0.2, 0) is 6.54 Å². The maximum absolute atomic E-state index is 13.5. The van der Waals surface area contributed by atoms with E-state index in [2.05, 4.69) is 5.32 Å². The van der Waals surface area contributed by atoms with Crippen LogP contribution in [0.15, 0.2) is 36.4 Å². The minimum Gasteiger partial charge on any atom is -0.381 e. The van der Waals surface area contributed by atoms with Crippen LogP contribution in [0.5, 0.6) is 0 Å². The molecule has 0 aliphatic rings. The number of halogens is 2. The second-order valence-corrected chi connectivity index (χ2v) is 4.37. The highest BCUT2D eigenvalue weighted by Gasteiger charge is 2.14. The summed E-state index contributed by atoms with van der Waals surface area (Å²) in [5.74, 6) is -1.26. The summed E-state index contributed by atoms with van der Waals surface area (Å²) in [6.45, 7) is 2.00. The smallest absolute Gasteiger partial charge is 0.306 e. The van der Waals surface area contributed by atoms with Crippen LogP contribution in [0.1, 0.15) is 11.1 Å². The molecule has 0 radical (unpaired) electrons. The second kappa shape index (κ2) is 5.64. The molecule has 0 bridgehead atoms. The second-order valence-electron chi connectivity index (χ2n) is 4.37. The summed E-state index contributed by atoms with van der Waals surface area (Å²) < 4.78 is 26.7. The molecule has 0 amide bonds. The van der Waals surface area contributed by atoms with E-state index in [1.165, 1.54) is 12.1 Å². The first-order valence-electron chi connectivity index (χ1n) is 5.90. The Balaban J connectivity index is 2.17. The number of nitrogens with zero attached hydrogens (tertiary/aromatic N) is 1. The first-order valence-corrected chi connectivity index (χ1v) is 5.90. The molecule has 2 rings (SSSR count). The van der Waals surface area contributed by atoms with E-state index in [1.54, 1.807) is 12.1 Å². The number of nitrogens with one attached hydrogen (secondary N) is 1. The van der Waals surface area contributed by atoms with E-state index in [1.807, 2.05) is 6.92 Å².